The number of aliphatic hydroxyl groups is 1. The molecular formula is C7H16N2O2. The number of hydrogen-bond acceptors (Lipinski definition) is 3. The van der Waals surface area contributed by atoms with Crippen LogP contribution in [0, 0.1) is 5.92 Å². The van der Waals surface area contributed by atoms with E-state index in [4.69, 9.17) is 16.6 Å². The molecule has 1 amide bonds. The highest BCUT2D eigenvalue weighted by molar-refractivity contribution is 5.76. The zero-order valence-electron chi connectivity index (χ0n) is 6.79. The summed E-state index contributed by atoms with van der Waals surface area (Å²) >= 11 is 0. The molecule has 11 heavy (non-hydrogen) atoms. The van der Waals surface area contributed by atoms with Crippen molar-refractivity contribution in [1.82, 2.24) is 0 Å². The Morgan fingerprint density at radius 3 is 2.45 bits per heavy atom. The quantitative estimate of drug-likeness (QED) is 0.492. The molecule has 0 spiro atoms. The molecule has 4 heteroatoms. The number of primary amides is 1. The van der Waals surface area contributed by atoms with Gasteiger partial charge in [0.2, 0.25) is 5.91 Å². The lowest BCUT2D eigenvalue weighted by Crippen LogP contribution is -2.32. The van der Waals surface area contributed by atoms with Gasteiger partial charge in [-0.25, -0.2) is 0 Å². The molecule has 0 saturated heterocycles. The van der Waals surface area contributed by atoms with E-state index in [1.54, 1.807) is 0 Å². The summed E-state index contributed by atoms with van der Waals surface area (Å²) in [5.41, 5.74) is 10.5. The fourth-order valence-corrected chi connectivity index (χ4v) is 0.924. The molecule has 66 valence electrons. The lowest BCUT2D eigenvalue weighted by molar-refractivity contribution is -0.122. The van der Waals surface area contributed by atoms with E-state index in [9.17, 15) is 4.79 Å². The Labute approximate surface area is 66.6 Å². The van der Waals surface area contributed by atoms with Crippen LogP contribution >= 0.6 is 0 Å². The minimum atomic E-state index is -0.337. The van der Waals surface area contributed by atoms with Crippen molar-refractivity contribution < 1.29 is 9.90 Å². The van der Waals surface area contributed by atoms with Crippen LogP contribution < -0.4 is 11.5 Å². The first-order valence-corrected chi connectivity index (χ1v) is 3.77. The number of amides is 1. The van der Waals surface area contributed by atoms with Crippen LogP contribution in [0.2, 0.25) is 0 Å². The van der Waals surface area contributed by atoms with Gasteiger partial charge in [-0.2, -0.15) is 0 Å². The van der Waals surface area contributed by atoms with Crippen molar-refractivity contribution >= 4 is 5.91 Å². The Kier molecular flexibility index (Phi) is 4.81. The molecule has 0 heterocycles. The van der Waals surface area contributed by atoms with E-state index in [0.717, 1.165) is 0 Å². The standard InChI is InChI=1S/C7H16N2O2/c1-2-5(7(9)11)3-6(8)4-10/h5-6,10H,2-4,8H2,1H3,(H2,9,11)/t5?,6-/m0/s1. The molecule has 0 aliphatic heterocycles. The van der Waals surface area contributed by atoms with E-state index in [1.807, 2.05) is 6.92 Å². The molecule has 0 aromatic rings. The third-order valence-corrected chi connectivity index (χ3v) is 1.72. The molecule has 0 saturated carbocycles. The van der Waals surface area contributed by atoms with E-state index in [-0.39, 0.29) is 24.5 Å². The van der Waals surface area contributed by atoms with Crippen LogP contribution in [0.5, 0.6) is 0 Å². The Hall–Kier alpha value is -0.610. The van der Waals surface area contributed by atoms with Gasteiger partial charge >= 0.3 is 0 Å². The zero-order valence-corrected chi connectivity index (χ0v) is 6.79. The molecule has 0 aliphatic rings. The van der Waals surface area contributed by atoms with Crippen molar-refractivity contribution in [3.05, 3.63) is 0 Å². The van der Waals surface area contributed by atoms with E-state index in [0.29, 0.717) is 12.8 Å². The fraction of sp³-hybridized carbons (Fsp3) is 0.857. The molecule has 0 fully saturated rings. The SMILES string of the molecule is CCC(C[C@H](N)CO)C(N)=O. The fourth-order valence-electron chi connectivity index (χ4n) is 0.924. The van der Waals surface area contributed by atoms with Crippen LogP contribution in [0.15, 0.2) is 0 Å². The van der Waals surface area contributed by atoms with Crippen LogP contribution in [-0.4, -0.2) is 23.7 Å². The van der Waals surface area contributed by atoms with E-state index >= 15 is 0 Å². The van der Waals surface area contributed by atoms with Gasteiger partial charge in [0.15, 0.2) is 0 Å². The molecule has 2 atom stereocenters. The first kappa shape index (κ1) is 10.4. The largest absolute Gasteiger partial charge is 0.395 e. The minimum absolute atomic E-state index is 0.0935. The number of aliphatic hydroxyl groups excluding tert-OH is 1. The average Bonchev–Trinajstić information content (AvgIpc) is 1.99. The first-order chi connectivity index (χ1) is 5.11. The zero-order chi connectivity index (χ0) is 8.85. The van der Waals surface area contributed by atoms with E-state index in [2.05, 4.69) is 0 Å². The maximum Gasteiger partial charge on any atom is 0.220 e. The van der Waals surface area contributed by atoms with Crippen molar-refractivity contribution in [2.24, 2.45) is 17.4 Å². The molecule has 0 rings (SSSR count). The maximum atomic E-state index is 10.7. The van der Waals surface area contributed by atoms with Crippen molar-refractivity contribution in [3.8, 4) is 0 Å². The van der Waals surface area contributed by atoms with Crippen molar-refractivity contribution in [3.63, 3.8) is 0 Å². The van der Waals surface area contributed by atoms with Gasteiger partial charge in [0, 0.05) is 12.0 Å². The predicted molar refractivity (Wildman–Crippen MR) is 42.7 cm³/mol. The maximum absolute atomic E-state index is 10.7. The minimum Gasteiger partial charge on any atom is -0.395 e. The summed E-state index contributed by atoms with van der Waals surface area (Å²) in [6, 6.07) is -0.326. The van der Waals surface area contributed by atoms with Gasteiger partial charge < -0.3 is 16.6 Å². The molecule has 0 aliphatic carbocycles. The van der Waals surface area contributed by atoms with Gasteiger partial charge in [-0.05, 0) is 12.8 Å². The van der Waals surface area contributed by atoms with Crippen LogP contribution in [-0.2, 0) is 4.79 Å². The Balaban J connectivity index is 3.77. The highest BCUT2D eigenvalue weighted by atomic mass is 16.3. The summed E-state index contributed by atoms with van der Waals surface area (Å²) in [6.45, 7) is 1.78. The Morgan fingerprint density at radius 2 is 2.18 bits per heavy atom. The molecule has 1 unspecified atom stereocenters. The van der Waals surface area contributed by atoms with Gasteiger partial charge in [-0.1, -0.05) is 6.92 Å². The molecule has 0 aromatic heterocycles. The lowest BCUT2D eigenvalue weighted by atomic mass is 9.97. The summed E-state index contributed by atoms with van der Waals surface area (Å²) in [7, 11) is 0. The highest BCUT2D eigenvalue weighted by Crippen LogP contribution is 2.08. The smallest absolute Gasteiger partial charge is 0.220 e. The van der Waals surface area contributed by atoms with Gasteiger partial charge in [0.1, 0.15) is 0 Å². The van der Waals surface area contributed by atoms with Crippen molar-refractivity contribution in [1.29, 1.82) is 0 Å². The van der Waals surface area contributed by atoms with E-state index in [1.165, 1.54) is 0 Å². The third kappa shape index (κ3) is 3.95. The normalized spacial score (nSPS) is 15.9. The van der Waals surface area contributed by atoms with Gasteiger partial charge in [0.05, 0.1) is 6.61 Å². The summed E-state index contributed by atoms with van der Waals surface area (Å²) in [4.78, 5) is 10.7. The molecule has 0 radical (unpaired) electrons. The Bertz CT molecular complexity index is 128. The number of carbonyl (C=O) groups excluding carboxylic acids is 1. The van der Waals surface area contributed by atoms with Gasteiger partial charge in [0.25, 0.3) is 0 Å². The lowest BCUT2D eigenvalue weighted by Gasteiger charge is -2.14. The topological polar surface area (TPSA) is 89.3 Å². The molecule has 4 nitrogen and oxygen atoms in total. The second kappa shape index (κ2) is 5.09. The summed E-state index contributed by atoms with van der Waals surface area (Å²) in [6.07, 6.45) is 1.16. The van der Waals surface area contributed by atoms with Crippen LogP contribution in [0.25, 0.3) is 0 Å². The van der Waals surface area contributed by atoms with Crippen LogP contribution in [0.1, 0.15) is 19.8 Å². The second-order valence-electron chi connectivity index (χ2n) is 2.69. The highest BCUT2D eigenvalue weighted by Gasteiger charge is 2.15. The predicted octanol–water partition coefficient (Wildman–Crippen LogP) is -0.792. The second-order valence-corrected chi connectivity index (χ2v) is 2.69. The summed E-state index contributed by atoms with van der Waals surface area (Å²) < 4.78 is 0. The van der Waals surface area contributed by atoms with Crippen LogP contribution in [0.4, 0.5) is 0 Å². The number of rotatable bonds is 5. The molecule has 0 bridgehead atoms. The van der Waals surface area contributed by atoms with Crippen molar-refractivity contribution in [2.75, 3.05) is 6.61 Å². The van der Waals surface area contributed by atoms with Crippen molar-refractivity contribution in [2.45, 2.75) is 25.8 Å². The van der Waals surface area contributed by atoms with Gasteiger partial charge in [-0.3, -0.25) is 4.79 Å². The summed E-state index contributed by atoms with van der Waals surface area (Å²) in [5.74, 6) is -0.534. The Morgan fingerprint density at radius 1 is 1.64 bits per heavy atom. The summed E-state index contributed by atoms with van der Waals surface area (Å²) in [5, 5.41) is 8.58. The van der Waals surface area contributed by atoms with Crippen LogP contribution in [0.3, 0.4) is 0 Å². The number of nitrogens with two attached hydrogens (primary N) is 2. The number of carbonyl (C=O) groups is 1. The van der Waals surface area contributed by atoms with Gasteiger partial charge in [-0.15, -0.1) is 0 Å². The number of hydrogen-bond donors (Lipinski definition) is 3. The third-order valence-electron chi connectivity index (χ3n) is 1.72. The molecule has 0 aromatic carbocycles. The monoisotopic (exact) mass is 160 g/mol. The first-order valence-electron chi connectivity index (χ1n) is 3.77. The average molecular weight is 160 g/mol. The molecular weight excluding hydrogens is 144 g/mol. The molecule has 5 N–H and O–H groups in total. The van der Waals surface area contributed by atoms with E-state index < -0.39 is 0 Å².